The minimum Gasteiger partial charge on any atom is -0.493 e. The molecule has 0 saturated carbocycles. The number of aryl methyl sites for hydroxylation is 1. The first-order chi connectivity index (χ1) is 14.3. The Morgan fingerprint density at radius 3 is 2.80 bits per heavy atom. The van der Waals surface area contributed by atoms with E-state index in [9.17, 15) is 9.59 Å². The van der Waals surface area contributed by atoms with Crippen molar-refractivity contribution < 1.29 is 24.2 Å². The SMILES string of the molecule is COc1cccc(/C=C2\SC(=Nc3cc(Cl)ccc3C)NC2=O)c1O[C@@H](C)C(=O)O. The van der Waals surface area contributed by atoms with E-state index in [0.717, 1.165) is 5.56 Å². The van der Waals surface area contributed by atoms with Crippen LogP contribution in [0.4, 0.5) is 5.69 Å². The van der Waals surface area contributed by atoms with Crippen LogP contribution in [0.15, 0.2) is 46.3 Å². The topological polar surface area (TPSA) is 97.2 Å². The molecule has 0 aliphatic carbocycles. The number of nitrogens with zero attached hydrogens (tertiary/aromatic N) is 1. The average Bonchev–Trinajstić information content (AvgIpc) is 3.04. The first-order valence-electron chi connectivity index (χ1n) is 8.90. The number of carboxylic acid groups (broad SMARTS) is 1. The summed E-state index contributed by atoms with van der Waals surface area (Å²) < 4.78 is 10.9. The smallest absolute Gasteiger partial charge is 0.344 e. The van der Waals surface area contributed by atoms with E-state index >= 15 is 0 Å². The van der Waals surface area contributed by atoms with Crippen molar-refractivity contribution in [2.75, 3.05) is 7.11 Å². The Morgan fingerprint density at radius 2 is 2.10 bits per heavy atom. The number of ether oxygens (including phenoxy) is 2. The van der Waals surface area contributed by atoms with Crippen LogP contribution in [-0.4, -0.2) is 35.4 Å². The number of amidine groups is 1. The number of aliphatic carboxylic acids is 1. The highest BCUT2D eigenvalue weighted by molar-refractivity contribution is 8.18. The molecule has 1 aliphatic heterocycles. The third-order valence-electron chi connectivity index (χ3n) is 4.20. The van der Waals surface area contributed by atoms with Gasteiger partial charge in [0, 0.05) is 10.6 Å². The number of rotatable bonds is 6. The average molecular weight is 447 g/mol. The molecule has 2 aromatic carbocycles. The first-order valence-corrected chi connectivity index (χ1v) is 10.1. The summed E-state index contributed by atoms with van der Waals surface area (Å²) in [5.74, 6) is -0.825. The van der Waals surface area contributed by atoms with E-state index in [1.165, 1.54) is 25.8 Å². The number of para-hydroxylation sites is 1. The van der Waals surface area contributed by atoms with Crippen molar-refractivity contribution in [1.29, 1.82) is 0 Å². The van der Waals surface area contributed by atoms with Gasteiger partial charge in [0.15, 0.2) is 22.8 Å². The Morgan fingerprint density at radius 1 is 1.33 bits per heavy atom. The summed E-state index contributed by atoms with van der Waals surface area (Å²) in [5.41, 5.74) is 2.10. The van der Waals surface area contributed by atoms with Gasteiger partial charge in [-0.05, 0) is 55.4 Å². The van der Waals surface area contributed by atoms with Gasteiger partial charge in [0.25, 0.3) is 5.91 Å². The van der Waals surface area contributed by atoms with Gasteiger partial charge in [0.2, 0.25) is 0 Å². The molecule has 1 heterocycles. The van der Waals surface area contributed by atoms with Crippen molar-refractivity contribution in [2.45, 2.75) is 20.0 Å². The molecule has 0 bridgehead atoms. The van der Waals surface area contributed by atoms with Crippen LogP contribution in [0.2, 0.25) is 5.02 Å². The number of amides is 1. The number of thioether (sulfide) groups is 1. The van der Waals surface area contributed by atoms with Crippen molar-refractivity contribution in [1.82, 2.24) is 5.32 Å². The molecule has 1 atom stereocenters. The monoisotopic (exact) mass is 446 g/mol. The summed E-state index contributed by atoms with van der Waals surface area (Å²) in [6, 6.07) is 10.4. The number of methoxy groups -OCH3 is 1. The number of aliphatic imine (C=N–C) groups is 1. The predicted octanol–water partition coefficient (Wildman–Crippen LogP) is 4.40. The van der Waals surface area contributed by atoms with Crippen LogP contribution in [0.25, 0.3) is 6.08 Å². The highest BCUT2D eigenvalue weighted by Crippen LogP contribution is 2.36. The summed E-state index contributed by atoms with van der Waals surface area (Å²) in [5, 5.41) is 12.9. The van der Waals surface area contributed by atoms with E-state index in [2.05, 4.69) is 10.3 Å². The molecular weight excluding hydrogens is 428 g/mol. The van der Waals surface area contributed by atoms with Crippen LogP contribution in [0.5, 0.6) is 11.5 Å². The largest absolute Gasteiger partial charge is 0.493 e. The zero-order valence-electron chi connectivity index (χ0n) is 16.4. The van der Waals surface area contributed by atoms with Gasteiger partial charge in [-0.2, -0.15) is 0 Å². The molecule has 7 nitrogen and oxygen atoms in total. The van der Waals surface area contributed by atoms with Crippen molar-refractivity contribution >= 4 is 52.2 Å². The third-order valence-corrected chi connectivity index (χ3v) is 5.35. The first kappa shape index (κ1) is 21.7. The molecule has 1 fully saturated rings. The third kappa shape index (κ3) is 4.95. The van der Waals surface area contributed by atoms with Crippen LogP contribution in [-0.2, 0) is 9.59 Å². The summed E-state index contributed by atoms with van der Waals surface area (Å²) in [7, 11) is 1.46. The van der Waals surface area contributed by atoms with Crippen LogP contribution in [0.1, 0.15) is 18.1 Å². The van der Waals surface area contributed by atoms with E-state index in [4.69, 9.17) is 26.2 Å². The second kappa shape index (κ2) is 9.23. The normalized spacial score (nSPS) is 17.1. The lowest BCUT2D eigenvalue weighted by molar-refractivity contribution is -0.144. The molecule has 1 saturated heterocycles. The van der Waals surface area contributed by atoms with Gasteiger partial charge in [-0.1, -0.05) is 29.8 Å². The molecule has 0 spiro atoms. The van der Waals surface area contributed by atoms with Crippen molar-refractivity contribution in [3.8, 4) is 11.5 Å². The van der Waals surface area contributed by atoms with Crippen molar-refractivity contribution in [3.63, 3.8) is 0 Å². The van der Waals surface area contributed by atoms with E-state index in [-0.39, 0.29) is 11.7 Å². The lowest BCUT2D eigenvalue weighted by Gasteiger charge is -2.16. The number of carbonyl (C=O) groups is 2. The Bertz CT molecular complexity index is 1070. The van der Waals surface area contributed by atoms with Gasteiger partial charge in [-0.3, -0.25) is 4.79 Å². The fourth-order valence-electron chi connectivity index (χ4n) is 2.59. The lowest BCUT2D eigenvalue weighted by Crippen LogP contribution is -2.23. The molecule has 3 rings (SSSR count). The Labute approximate surface area is 182 Å². The lowest BCUT2D eigenvalue weighted by atomic mass is 10.1. The predicted molar refractivity (Wildman–Crippen MR) is 118 cm³/mol. The molecule has 1 amide bonds. The number of hydrogen-bond donors (Lipinski definition) is 2. The molecular formula is C21H19ClN2O5S. The van der Waals surface area contributed by atoms with Crippen LogP contribution < -0.4 is 14.8 Å². The van der Waals surface area contributed by atoms with Crippen LogP contribution >= 0.6 is 23.4 Å². The van der Waals surface area contributed by atoms with Crippen LogP contribution in [0.3, 0.4) is 0 Å². The van der Waals surface area contributed by atoms with Gasteiger partial charge in [0.05, 0.1) is 17.7 Å². The fraction of sp³-hybridized carbons (Fsp3) is 0.190. The number of halogens is 1. The molecule has 0 aromatic heterocycles. The molecule has 30 heavy (non-hydrogen) atoms. The zero-order valence-corrected chi connectivity index (χ0v) is 18.0. The van der Waals surface area contributed by atoms with E-state index < -0.39 is 12.1 Å². The number of carbonyl (C=O) groups excluding carboxylic acids is 1. The maximum absolute atomic E-state index is 12.5. The second-order valence-electron chi connectivity index (χ2n) is 6.39. The summed E-state index contributed by atoms with van der Waals surface area (Å²) in [6.45, 7) is 3.32. The minimum absolute atomic E-state index is 0.242. The molecule has 156 valence electrons. The summed E-state index contributed by atoms with van der Waals surface area (Å²) in [6.07, 6.45) is 0.520. The highest BCUT2D eigenvalue weighted by atomic mass is 35.5. The maximum Gasteiger partial charge on any atom is 0.344 e. The van der Waals surface area contributed by atoms with Gasteiger partial charge < -0.3 is 19.9 Å². The van der Waals surface area contributed by atoms with Gasteiger partial charge in [-0.25, -0.2) is 9.79 Å². The molecule has 0 radical (unpaired) electrons. The van der Waals surface area contributed by atoms with E-state index in [1.54, 1.807) is 36.4 Å². The molecule has 9 heteroatoms. The molecule has 2 aromatic rings. The Balaban J connectivity index is 1.94. The highest BCUT2D eigenvalue weighted by Gasteiger charge is 2.25. The number of carboxylic acids is 1. The van der Waals surface area contributed by atoms with Crippen molar-refractivity contribution in [3.05, 3.63) is 57.5 Å². The van der Waals surface area contributed by atoms with Crippen LogP contribution in [0, 0.1) is 6.92 Å². The quantitative estimate of drug-likeness (QED) is 0.638. The Hall–Kier alpha value is -2.97. The number of benzene rings is 2. The van der Waals surface area contributed by atoms with Crippen molar-refractivity contribution in [2.24, 2.45) is 4.99 Å². The fourth-order valence-corrected chi connectivity index (χ4v) is 3.59. The summed E-state index contributed by atoms with van der Waals surface area (Å²) >= 11 is 7.20. The number of hydrogen-bond acceptors (Lipinski definition) is 6. The molecule has 1 aliphatic rings. The molecule has 0 unspecified atom stereocenters. The van der Waals surface area contributed by atoms with Gasteiger partial charge in [0.1, 0.15) is 0 Å². The minimum atomic E-state index is -1.11. The maximum atomic E-state index is 12.5. The second-order valence-corrected chi connectivity index (χ2v) is 7.86. The summed E-state index contributed by atoms with van der Waals surface area (Å²) in [4.78, 5) is 28.5. The van der Waals surface area contributed by atoms with Gasteiger partial charge >= 0.3 is 5.97 Å². The van der Waals surface area contributed by atoms with E-state index in [0.29, 0.717) is 32.1 Å². The Kier molecular flexibility index (Phi) is 6.69. The number of nitrogens with one attached hydrogen (secondary N) is 1. The van der Waals surface area contributed by atoms with E-state index in [1.807, 2.05) is 13.0 Å². The zero-order chi connectivity index (χ0) is 21.8. The van der Waals surface area contributed by atoms with Gasteiger partial charge in [-0.15, -0.1) is 0 Å². The molecule has 2 N–H and O–H groups in total. The standard InChI is InChI=1S/C21H19ClN2O5S/c1-11-7-8-14(22)10-15(11)23-21-24-19(25)17(30-21)9-13-5-4-6-16(28-3)18(13)29-12(2)20(26)27/h4-10,12H,1-3H3,(H,26,27)(H,23,24,25)/b17-9-/t12-/m0/s1.